The number of aromatic nitrogens is 2. The van der Waals surface area contributed by atoms with E-state index in [9.17, 15) is 10.1 Å². The molecule has 6 nitrogen and oxygen atoms in total. The fourth-order valence-corrected chi connectivity index (χ4v) is 1.70. The fourth-order valence-electron chi connectivity index (χ4n) is 1.70. The van der Waals surface area contributed by atoms with Gasteiger partial charge in [-0.3, -0.25) is 10.1 Å². The molecule has 0 saturated carbocycles. The van der Waals surface area contributed by atoms with E-state index in [0.29, 0.717) is 12.4 Å². The van der Waals surface area contributed by atoms with Gasteiger partial charge in [0.2, 0.25) is 0 Å². The average molecular weight is 258 g/mol. The van der Waals surface area contributed by atoms with E-state index in [1.165, 1.54) is 12.1 Å². The minimum Gasteiger partial charge on any atom is -0.379 e. The number of anilines is 1. The lowest BCUT2D eigenvalue weighted by molar-refractivity contribution is -0.384. The first-order valence-electron chi connectivity index (χ1n) is 5.83. The summed E-state index contributed by atoms with van der Waals surface area (Å²) in [4.78, 5) is 18.6. The number of nitro groups is 1. The molecule has 98 valence electrons. The minimum absolute atomic E-state index is 0.0759. The van der Waals surface area contributed by atoms with Gasteiger partial charge < -0.3 is 5.32 Å². The number of nitro benzene ring substituents is 1. The summed E-state index contributed by atoms with van der Waals surface area (Å²) in [7, 11) is 0. The number of nitrogens with zero attached hydrogens (tertiary/aromatic N) is 3. The number of hydrogen-bond donors (Lipinski definition) is 1. The van der Waals surface area contributed by atoms with E-state index in [2.05, 4.69) is 15.3 Å². The number of aryl methyl sites for hydroxylation is 2. The summed E-state index contributed by atoms with van der Waals surface area (Å²) in [5.74, 6) is 0.704. The summed E-state index contributed by atoms with van der Waals surface area (Å²) in [5, 5.41) is 13.9. The minimum atomic E-state index is -0.403. The predicted octanol–water partition coefficient (Wildman–Crippen LogP) is 2.61. The van der Waals surface area contributed by atoms with Gasteiger partial charge in [0.1, 0.15) is 5.82 Å². The quantitative estimate of drug-likeness (QED) is 0.673. The summed E-state index contributed by atoms with van der Waals surface area (Å²) in [6.07, 6.45) is 1.69. The van der Waals surface area contributed by atoms with Gasteiger partial charge in [-0.2, -0.15) is 0 Å². The number of benzene rings is 1. The van der Waals surface area contributed by atoms with Crippen LogP contribution in [0, 0.1) is 24.0 Å². The van der Waals surface area contributed by atoms with Gasteiger partial charge in [-0.15, -0.1) is 0 Å². The van der Waals surface area contributed by atoms with Crippen LogP contribution >= 0.6 is 0 Å². The molecular weight excluding hydrogens is 244 g/mol. The third-order valence-corrected chi connectivity index (χ3v) is 2.73. The second-order valence-corrected chi connectivity index (χ2v) is 4.21. The summed E-state index contributed by atoms with van der Waals surface area (Å²) >= 11 is 0. The van der Waals surface area contributed by atoms with E-state index < -0.39 is 4.92 Å². The van der Waals surface area contributed by atoms with E-state index >= 15 is 0 Å². The lowest BCUT2D eigenvalue weighted by Gasteiger charge is -2.09. The molecule has 2 aromatic rings. The van der Waals surface area contributed by atoms with Crippen molar-refractivity contribution in [1.82, 2.24) is 9.97 Å². The highest BCUT2D eigenvalue weighted by Crippen LogP contribution is 2.22. The van der Waals surface area contributed by atoms with Crippen molar-refractivity contribution in [1.29, 1.82) is 0 Å². The van der Waals surface area contributed by atoms with Crippen LogP contribution in [0.1, 0.15) is 17.1 Å². The van der Waals surface area contributed by atoms with Gasteiger partial charge in [-0.1, -0.05) is 6.07 Å². The van der Waals surface area contributed by atoms with Crippen LogP contribution in [0.5, 0.6) is 0 Å². The molecule has 0 aliphatic rings. The third kappa shape index (κ3) is 3.25. The molecule has 19 heavy (non-hydrogen) atoms. The van der Waals surface area contributed by atoms with Gasteiger partial charge in [0.25, 0.3) is 5.69 Å². The van der Waals surface area contributed by atoms with Crippen LogP contribution in [-0.2, 0) is 6.54 Å². The van der Waals surface area contributed by atoms with Gasteiger partial charge in [-0.25, -0.2) is 9.97 Å². The first-order valence-corrected chi connectivity index (χ1v) is 5.83. The Morgan fingerprint density at radius 3 is 2.79 bits per heavy atom. The molecule has 0 bridgehead atoms. The summed E-state index contributed by atoms with van der Waals surface area (Å²) in [6, 6.07) is 6.57. The second kappa shape index (κ2) is 5.43. The average Bonchev–Trinajstić information content (AvgIpc) is 2.37. The lowest BCUT2D eigenvalue weighted by atomic mass is 10.2. The SMILES string of the molecule is Cc1nccc(CNc2cc([N+](=O)[O-])ccc2C)n1. The highest BCUT2D eigenvalue weighted by molar-refractivity contribution is 5.56. The number of nitrogens with one attached hydrogen (secondary N) is 1. The van der Waals surface area contributed by atoms with Crippen LogP contribution in [0.2, 0.25) is 0 Å². The maximum atomic E-state index is 10.7. The van der Waals surface area contributed by atoms with Crippen molar-refractivity contribution >= 4 is 11.4 Å². The van der Waals surface area contributed by atoms with Gasteiger partial charge >= 0.3 is 0 Å². The summed E-state index contributed by atoms with van der Waals surface area (Å²) in [6.45, 7) is 4.23. The first kappa shape index (κ1) is 12.9. The smallest absolute Gasteiger partial charge is 0.271 e. The number of non-ortho nitro benzene ring substituents is 1. The van der Waals surface area contributed by atoms with Crippen molar-refractivity contribution < 1.29 is 4.92 Å². The monoisotopic (exact) mass is 258 g/mol. The normalized spacial score (nSPS) is 10.2. The van der Waals surface area contributed by atoms with Crippen molar-refractivity contribution in [2.45, 2.75) is 20.4 Å². The molecule has 0 unspecified atom stereocenters. The maximum absolute atomic E-state index is 10.7. The fraction of sp³-hybridized carbons (Fsp3) is 0.231. The Morgan fingerprint density at radius 2 is 2.11 bits per heavy atom. The Bertz CT molecular complexity index is 613. The molecule has 0 aliphatic heterocycles. The topological polar surface area (TPSA) is 81.0 Å². The van der Waals surface area contributed by atoms with Crippen LogP contribution < -0.4 is 5.32 Å². The van der Waals surface area contributed by atoms with E-state index in [-0.39, 0.29) is 5.69 Å². The predicted molar refractivity (Wildman–Crippen MR) is 71.9 cm³/mol. The van der Waals surface area contributed by atoms with Crippen molar-refractivity contribution in [3.05, 3.63) is 57.7 Å². The van der Waals surface area contributed by atoms with Crippen molar-refractivity contribution in [3.63, 3.8) is 0 Å². The van der Waals surface area contributed by atoms with Crippen LogP contribution in [0.3, 0.4) is 0 Å². The number of hydrogen-bond acceptors (Lipinski definition) is 5. The zero-order valence-electron chi connectivity index (χ0n) is 10.8. The molecule has 0 saturated heterocycles. The molecule has 0 radical (unpaired) electrons. The second-order valence-electron chi connectivity index (χ2n) is 4.21. The van der Waals surface area contributed by atoms with Gasteiger partial charge in [-0.05, 0) is 25.5 Å². The molecule has 0 aliphatic carbocycles. The standard InChI is InChI=1S/C13H14N4O2/c1-9-3-4-12(17(18)19)7-13(9)15-8-11-5-6-14-10(2)16-11/h3-7,15H,8H2,1-2H3. The van der Waals surface area contributed by atoms with Gasteiger partial charge in [0.15, 0.2) is 0 Å². The molecule has 1 aromatic heterocycles. The van der Waals surface area contributed by atoms with Crippen molar-refractivity contribution in [2.24, 2.45) is 0 Å². The molecule has 0 fully saturated rings. The number of rotatable bonds is 4. The van der Waals surface area contributed by atoms with Crippen LogP contribution in [0.25, 0.3) is 0 Å². The van der Waals surface area contributed by atoms with Gasteiger partial charge in [0.05, 0.1) is 17.2 Å². The molecule has 1 N–H and O–H groups in total. The molecule has 1 aromatic carbocycles. The van der Waals surface area contributed by atoms with E-state index in [1.54, 1.807) is 12.3 Å². The van der Waals surface area contributed by atoms with E-state index in [1.807, 2.05) is 19.9 Å². The molecular formula is C13H14N4O2. The van der Waals surface area contributed by atoms with E-state index in [0.717, 1.165) is 16.9 Å². The molecule has 0 amide bonds. The first-order chi connectivity index (χ1) is 9.06. The molecule has 1 heterocycles. The highest BCUT2D eigenvalue weighted by atomic mass is 16.6. The lowest BCUT2D eigenvalue weighted by Crippen LogP contribution is -2.04. The zero-order chi connectivity index (χ0) is 13.8. The third-order valence-electron chi connectivity index (χ3n) is 2.73. The summed E-state index contributed by atoms with van der Waals surface area (Å²) < 4.78 is 0. The maximum Gasteiger partial charge on any atom is 0.271 e. The largest absolute Gasteiger partial charge is 0.379 e. The Balaban J connectivity index is 2.15. The Hall–Kier alpha value is -2.50. The molecule has 2 rings (SSSR count). The Kier molecular flexibility index (Phi) is 3.70. The highest BCUT2D eigenvalue weighted by Gasteiger charge is 2.08. The van der Waals surface area contributed by atoms with E-state index in [4.69, 9.17) is 0 Å². The van der Waals surface area contributed by atoms with Crippen LogP contribution in [0.4, 0.5) is 11.4 Å². The molecule has 0 atom stereocenters. The van der Waals surface area contributed by atoms with Gasteiger partial charge in [0, 0.05) is 24.0 Å². The van der Waals surface area contributed by atoms with Crippen molar-refractivity contribution in [3.8, 4) is 0 Å². The zero-order valence-corrected chi connectivity index (χ0v) is 10.8. The Morgan fingerprint density at radius 1 is 1.32 bits per heavy atom. The van der Waals surface area contributed by atoms with Crippen molar-refractivity contribution in [2.75, 3.05) is 5.32 Å². The molecule has 0 spiro atoms. The Labute approximate surface area is 110 Å². The van der Waals surface area contributed by atoms with Crippen LogP contribution in [0.15, 0.2) is 30.5 Å². The van der Waals surface area contributed by atoms with Crippen LogP contribution in [-0.4, -0.2) is 14.9 Å². The molecule has 6 heteroatoms. The summed E-state index contributed by atoms with van der Waals surface area (Å²) in [5.41, 5.74) is 2.62.